The Hall–Kier alpha value is -0.780. The molecule has 29 heavy (non-hydrogen) atoms. The van der Waals surface area contributed by atoms with Crippen LogP contribution in [0.15, 0.2) is 11.6 Å². The predicted molar refractivity (Wildman–Crippen MR) is 121 cm³/mol. The Morgan fingerprint density at radius 2 is 1.86 bits per heavy atom. The van der Waals surface area contributed by atoms with Crippen LogP contribution in [0.1, 0.15) is 91.9 Å². The summed E-state index contributed by atoms with van der Waals surface area (Å²) >= 11 is 0. The van der Waals surface area contributed by atoms with E-state index in [1.54, 1.807) is 5.57 Å². The van der Waals surface area contributed by atoms with Crippen LogP contribution in [-0.2, 0) is 0 Å². The highest BCUT2D eigenvalue weighted by Gasteiger charge is 2.56. The van der Waals surface area contributed by atoms with E-state index in [0.717, 1.165) is 61.2 Å². The third-order valence-electron chi connectivity index (χ3n) is 9.39. The first kappa shape index (κ1) is 22.9. The van der Waals surface area contributed by atoms with Crippen molar-refractivity contribution in [1.29, 1.82) is 0 Å². The van der Waals surface area contributed by atoms with E-state index in [1.165, 1.54) is 38.5 Å². The van der Waals surface area contributed by atoms with Gasteiger partial charge in [-0.05, 0) is 119 Å². The van der Waals surface area contributed by atoms with Crippen molar-refractivity contribution in [2.75, 3.05) is 0 Å². The second-order valence-electron chi connectivity index (χ2n) is 11.5. The molecule has 4 rings (SSSR count). The van der Waals surface area contributed by atoms with Gasteiger partial charge in [0.2, 0.25) is 0 Å². The van der Waals surface area contributed by atoms with Crippen molar-refractivity contribution in [3.8, 4) is 12.8 Å². The van der Waals surface area contributed by atoms with Gasteiger partial charge in [0.1, 0.15) is 0 Å². The molecule has 0 radical (unpaired) electrons. The maximum Gasteiger partial charge on any atom is 0.0591 e. The first-order valence-corrected chi connectivity index (χ1v) is 12.1. The average Bonchev–Trinajstić information content (AvgIpc) is 3.04. The third kappa shape index (κ3) is 4.47. The Kier molecular flexibility index (Phi) is 6.92. The Labute approximate surface area is 179 Å². The van der Waals surface area contributed by atoms with Crippen LogP contribution in [0.4, 0.5) is 0 Å². The van der Waals surface area contributed by atoms with Crippen molar-refractivity contribution in [2.24, 2.45) is 40.9 Å². The van der Waals surface area contributed by atoms with E-state index in [0.29, 0.717) is 5.41 Å². The Morgan fingerprint density at radius 3 is 2.55 bits per heavy atom. The topological polar surface area (TPSA) is 40.5 Å². The molecule has 4 aliphatic rings. The summed E-state index contributed by atoms with van der Waals surface area (Å²) in [5, 5.41) is 20.2. The molecule has 0 aromatic carbocycles. The summed E-state index contributed by atoms with van der Waals surface area (Å²) in [6.07, 6.45) is 22.7. The molecule has 0 aromatic rings. The molecule has 2 heteroatoms. The van der Waals surface area contributed by atoms with Crippen LogP contribution < -0.4 is 0 Å². The predicted octanol–water partition coefficient (Wildman–Crippen LogP) is 5.97. The van der Waals surface area contributed by atoms with Gasteiger partial charge in [0.05, 0.1) is 11.7 Å². The normalized spacial score (nSPS) is 42.4. The van der Waals surface area contributed by atoms with E-state index in [4.69, 9.17) is 0 Å². The summed E-state index contributed by atoms with van der Waals surface area (Å²) in [6.45, 7) is 8.99. The number of hydrogen-bond donors (Lipinski definition) is 2. The largest absolute Gasteiger partial charge is 0.393 e. The molecule has 164 valence electrons. The highest BCUT2D eigenvalue weighted by atomic mass is 16.3. The minimum Gasteiger partial charge on any atom is -0.393 e. The number of aliphatic hydroxyl groups excluding tert-OH is 1. The van der Waals surface area contributed by atoms with Crippen molar-refractivity contribution in [2.45, 2.75) is 104 Å². The van der Waals surface area contributed by atoms with E-state index < -0.39 is 5.60 Å². The number of hydrogen-bond acceptors (Lipinski definition) is 2. The molecule has 3 fully saturated rings. The molecule has 2 nitrogen and oxygen atoms in total. The van der Waals surface area contributed by atoms with Crippen LogP contribution >= 0.6 is 0 Å². The summed E-state index contributed by atoms with van der Waals surface area (Å²) < 4.78 is 0. The molecule has 0 bridgehead atoms. The summed E-state index contributed by atoms with van der Waals surface area (Å²) in [6, 6.07) is 0. The fourth-order valence-electron chi connectivity index (χ4n) is 8.01. The van der Waals surface area contributed by atoms with Crippen molar-refractivity contribution in [3.63, 3.8) is 0 Å². The second-order valence-corrected chi connectivity index (χ2v) is 11.5. The Morgan fingerprint density at radius 1 is 1.14 bits per heavy atom. The molecule has 0 spiro atoms. The molecule has 8 atom stereocenters. The standard InChI is InChI=1S/C25H42O2.C2H2/c1-16(11-13-24(2,3)27)22-9-10-23-21-7-5-17-15-18(26)6-8-19(17)20(21)12-14-25(22,23)4;1-2/h5,16,18-23,26-27H,6-15H2,1-4H3;1-2H. The van der Waals surface area contributed by atoms with Gasteiger partial charge in [0, 0.05) is 0 Å². The zero-order chi connectivity index (χ0) is 21.4. The van der Waals surface area contributed by atoms with E-state index in [2.05, 4.69) is 32.8 Å². The lowest BCUT2D eigenvalue weighted by Gasteiger charge is -2.54. The number of aliphatic hydroxyl groups is 2. The van der Waals surface area contributed by atoms with E-state index in [-0.39, 0.29) is 6.10 Å². The highest BCUT2D eigenvalue weighted by molar-refractivity contribution is 5.20. The number of fused-ring (bicyclic) bond motifs is 5. The minimum absolute atomic E-state index is 0.0783. The van der Waals surface area contributed by atoms with Gasteiger partial charge in [-0.2, -0.15) is 0 Å². The molecular weight excluding hydrogens is 356 g/mol. The third-order valence-corrected chi connectivity index (χ3v) is 9.39. The lowest BCUT2D eigenvalue weighted by atomic mass is 9.51. The van der Waals surface area contributed by atoms with Crippen LogP contribution in [0.25, 0.3) is 0 Å². The lowest BCUT2D eigenvalue weighted by Crippen LogP contribution is -2.47. The molecule has 3 saturated carbocycles. The summed E-state index contributed by atoms with van der Waals surface area (Å²) in [4.78, 5) is 0. The first-order valence-electron chi connectivity index (χ1n) is 12.1. The first-order chi connectivity index (χ1) is 13.7. The molecular formula is C27H44O2. The van der Waals surface area contributed by atoms with Gasteiger partial charge in [-0.1, -0.05) is 25.5 Å². The maximum atomic E-state index is 10.2. The monoisotopic (exact) mass is 400 g/mol. The van der Waals surface area contributed by atoms with Gasteiger partial charge in [-0.25, -0.2) is 0 Å². The number of rotatable bonds is 4. The van der Waals surface area contributed by atoms with E-state index in [9.17, 15) is 10.2 Å². The minimum atomic E-state index is -0.527. The van der Waals surface area contributed by atoms with Crippen LogP contribution in [0.2, 0.25) is 0 Å². The Balaban J connectivity index is 0.00000117. The fraction of sp³-hybridized carbons (Fsp3) is 0.852. The maximum absolute atomic E-state index is 10.2. The molecule has 4 aliphatic carbocycles. The van der Waals surface area contributed by atoms with Crippen LogP contribution in [-0.4, -0.2) is 21.9 Å². The molecule has 0 aliphatic heterocycles. The van der Waals surface area contributed by atoms with Crippen molar-refractivity contribution in [1.82, 2.24) is 0 Å². The van der Waals surface area contributed by atoms with Gasteiger partial charge < -0.3 is 10.2 Å². The molecule has 0 amide bonds. The van der Waals surface area contributed by atoms with Crippen LogP contribution in [0.5, 0.6) is 0 Å². The van der Waals surface area contributed by atoms with Gasteiger partial charge in [0.15, 0.2) is 0 Å². The molecule has 0 saturated heterocycles. The molecule has 0 heterocycles. The fourth-order valence-corrected chi connectivity index (χ4v) is 8.01. The van der Waals surface area contributed by atoms with Gasteiger partial charge in [-0.3, -0.25) is 0 Å². The van der Waals surface area contributed by atoms with Gasteiger partial charge in [-0.15, -0.1) is 12.8 Å². The lowest BCUT2D eigenvalue weighted by molar-refractivity contribution is -0.0319. The quantitative estimate of drug-likeness (QED) is 0.450. The van der Waals surface area contributed by atoms with Crippen molar-refractivity contribution in [3.05, 3.63) is 11.6 Å². The highest BCUT2D eigenvalue weighted by Crippen LogP contribution is 2.64. The van der Waals surface area contributed by atoms with Crippen molar-refractivity contribution < 1.29 is 10.2 Å². The molecule has 0 aromatic heterocycles. The van der Waals surface area contributed by atoms with Crippen molar-refractivity contribution >= 4 is 0 Å². The SMILES string of the molecule is C#C.CC(CCC(C)(C)O)C1CCC2C3CC=C4CC(O)CCC4C3CCC12C. The number of terminal acetylenes is 1. The zero-order valence-corrected chi connectivity index (χ0v) is 19.2. The average molecular weight is 401 g/mol. The summed E-state index contributed by atoms with van der Waals surface area (Å²) in [7, 11) is 0. The van der Waals surface area contributed by atoms with E-state index >= 15 is 0 Å². The van der Waals surface area contributed by atoms with E-state index in [1.807, 2.05) is 13.8 Å². The number of allylic oxidation sites excluding steroid dienone is 1. The smallest absolute Gasteiger partial charge is 0.0591 e. The molecule has 8 unspecified atom stereocenters. The summed E-state index contributed by atoms with van der Waals surface area (Å²) in [5.41, 5.74) is 1.59. The second kappa shape index (κ2) is 8.76. The van der Waals surface area contributed by atoms with Crippen LogP contribution in [0.3, 0.4) is 0 Å². The zero-order valence-electron chi connectivity index (χ0n) is 19.2. The van der Waals surface area contributed by atoms with Crippen LogP contribution in [0, 0.1) is 53.8 Å². The molecule has 2 N–H and O–H groups in total. The summed E-state index contributed by atoms with van der Waals surface area (Å²) in [5.74, 6) is 5.02. The van der Waals surface area contributed by atoms with Gasteiger partial charge in [0.25, 0.3) is 0 Å². The van der Waals surface area contributed by atoms with Gasteiger partial charge >= 0.3 is 0 Å². The Bertz CT molecular complexity index is 612.